The summed E-state index contributed by atoms with van der Waals surface area (Å²) in [6, 6.07) is 4.68. The minimum atomic E-state index is 0.145. The number of piperidine rings is 1. The highest BCUT2D eigenvalue weighted by Gasteiger charge is 2.24. The molecule has 1 unspecified atom stereocenters. The van der Waals surface area contributed by atoms with Gasteiger partial charge >= 0.3 is 0 Å². The Morgan fingerprint density at radius 3 is 2.67 bits per heavy atom. The fourth-order valence-corrected chi connectivity index (χ4v) is 3.20. The molecule has 1 fully saturated rings. The Morgan fingerprint density at radius 1 is 1.38 bits per heavy atom. The molecule has 118 valence electrons. The maximum absolute atomic E-state index is 12.8. The highest BCUT2D eigenvalue weighted by atomic mass is 16.2. The molecule has 1 aliphatic heterocycles. The molecule has 0 spiro atoms. The number of nitrogens with one attached hydrogen (secondary N) is 1. The van der Waals surface area contributed by atoms with Crippen LogP contribution in [0, 0.1) is 5.92 Å². The standard InChI is InChI=1S/C17H29N3O/c1-13(2)12-14(3)19(4)17(21)16-6-5-11-20(16)15-7-9-18-10-8-15/h5-6,11,13-15,18H,7-10,12H2,1-4H3. The van der Waals surface area contributed by atoms with Crippen molar-refractivity contribution in [1.29, 1.82) is 0 Å². The van der Waals surface area contributed by atoms with Gasteiger partial charge in [0, 0.05) is 25.3 Å². The molecule has 0 aromatic carbocycles. The number of carbonyl (C=O) groups excluding carboxylic acids is 1. The minimum Gasteiger partial charge on any atom is -0.340 e. The van der Waals surface area contributed by atoms with Crippen LogP contribution in [0.1, 0.15) is 56.6 Å². The number of amides is 1. The summed E-state index contributed by atoms with van der Waals surface area (Å²) < 4.78 is 2.18. The van der Waals surface area contributed by atoms with Gasteiger partial charge in [-0.2, -0.15) is 0 Å². The van der Waals surface area contributed by atoms with Gasteiger partial charge in [0.05, 0.1) is 0 Å². The van der Waals surface area contributed by atoms with Gasteiger partial charge in [0.2, 0.25) is 0 Å². The average molecular weight is 291 g/mol. The number of carbonyl (C=O) groups is 1. The van der Waals surface area contributed by atoms with Gasteiger partial charge in [0.25, 0.3) is 5.91 Å². The van der Waals surface area contributed by atoms with E-state index >= 15 is 0 Å². The molecule has 0 saturated carbocycles. The first kappa shape index (κ1) is 16.1. The quantitative estimate of drug-likeness (QED) is 0.905. The van der Waals surface area contributed by atoms with E-state index in [0.717, 1.165) is 38.0 Å². The van der Waals surface area contributed by atoms with Gasteiger partial charge in [0.1, 0.15) is 5.69 Å². The first-order chi connectivity index (χ1) is 10.0. The van der Waals surface area contributed by atoms with E-state index in [0.29, 0.717) is 12.0 Å². The summed E-state index contributed by atoms with van der Waals surface area (Å²) in [5.41, 5.74) is 0.833. The summed E-state index contributed by atoms with van der Waals surface area (Å²) in [6.45, 7) is 8.61. The van der Waals surface area contributed by atoms with Crippen LogP contribution in [0.2, 0.25) is 0 Å². The van der Waals surface area contributed by atoms with Crippen LogP contribution in [0.5, 0.6) is 0 Å². The van der Waals surface area contributed by atoms with Crippen molar-refractivity contribution in [2.45, 2.75) is 52.1 Å². The summed E-state index contributed by atoms with van der Waals surface area (Å²) >= 11 is 0. The summed E-state index contributed by atoms with van der Waals surface area (Å²) in [7, 11) is 1.93. The zero-order chi connectivity index (χ0) is 15.4. The van der Waals surface area contributed by atoms with Crippen molar-refractivity contribution < 1.29 is 4.79 Å². The van der Waals surface area contributed by atoms with Crippen molar-refractivity contribution >= 4 is 5.91 Å². The van der Waals surface area contributed by atoms with Gasteiger partial charge in [-0.15, -0.1) is 0 Å². The zero-order valence-electron chi connectivity index (χ0n) is 13.8. The molecule has 1 aromatic rings. The van der Waals surface area contributed by atoms with Crippen molar-refractivity contribution in [3.63, 3.8) is 0 Å². The number of nitrogens with zero attached hydrogens (tertiary/aromatic N) is 2. The summed E-state index contributed by atoms with van der Waals surface area (Å²) in [6.07, 6.45) is 5.29. The van der Waals surface area contributed by atoms with Gasteiger partial charge in [0.15, 0.2) is 0 Å². The van der Waals surface area contributed by atoms with E-state index in [4.69, 9.17) is 0 Å². The van der Waals surface area contributed by atoms with E-state index in [1.54, 1.807) is 0 Å². The summed E-state index contributed by atoms with van der Waals surface area (Å²) in [4.78, 5) is 14.7. The van der Waals surface area contributed by atoms with Gasteiger partial charge in [-0.05, 0) is 57.3 Å². The number of hydrogen-bond acceptors (Lipinski definition) is 2. The maximum atomic E-state index is 12.8. The van der Waals surface area contributed by atoms with Crippen LogP contribution >= 0.6 is 0 Å². The molecule has 1 atom stereocenters. The predicted molar refractivity (Wildman–Crippen MR) is 86.6 cm³/mol. The fraction of sp³-hybridized carbons (Fsp3) is 0.706. The van der Waals surface area contributed by atoms with Crippen LogP contribution in [-0.2, 0) is 0 Å². The maximum Gasteiger partial charge on any atom is 0.270 e. The lowest BCUT2D eigenvalue weighted by atomic mass is 10.0. The zero-order valence-corrected chi connectivity index (χ0v) is 13.8. The van der Waals surface area contributed by atoms with Gasteiger partial charge in [-0.1, -0.05) is 13.8 Å². The third-order valence-electron chi connectivity index (χ3n) is 4.49. The first-order valence-corrected chi connectivity index (χ1v) is 8.15. The Bertz CT molecular complexity index is 460. The van der Waals surface area contributed by atoms with E-state index < -0.39 is 0 Å². The van der Waals surface area contributed by atoms with Crippen molar-refractivity contribution in [3.05, 3.63) is 24.0 Å². The van der Waals surface area contributed by atoms with Gasteiger partial charge in [-0.3, -0.25) is 4.79 Å². The second kappa shape index (κ2) is 7.12. The number of hydrogen-bond donors (Lipinski definition) is 1. The Morgan fingerprint density at radius 2 is 2.05 bits per heavy atom. The highest BCUT2D eigenvalue weighted by Crippen LogP contribution is 2.22. The molecule has 2 rings (SSSR count). The van der Waals surface area contributed by atoms with Crippen molar-refractivity contribution in [2.75, 3.05) is 20.1 Å². The Kier molecular flexibility index (Phi) is 5.45. The Labute approximate surface area is 128 Å². The molecule has 1 N–H and O–H groups in total. The Hall–Kier alpha value is -1.29. The number of aromatic nitrogens is 1. The van der Waals surface area contributed by atoms with Crippen LogP contribution in [0.3, 0.4) is 0 Å². The van der Waals surface area contributed by atoms with Crippen LogP contribution in [0.4, 0.5) is 0 Å². The molecule has 2 heterocycles. The predicted octanol–water partition coefficient (Wildman–Crippen LogP) is 2.92. The molecule has 1 aliphatic rings. The summed E-state index contributed by atoms with van der Waals surface area (Å²) in [5, 5.41) is 3.38. The first-order valence-electron chi connectivity index (χ1n) is 8.15. The lowest BCUT2D eigenvalue weighted by Gasteiger charge is -2.29. The van der Waals surface area contributed by atoms with Gasteiger partial charge in [-0.25, -0.2) is 0 Å². The molecule has 1 aromatic heterocycles. The van der Waals surface area contributed by atoms with E-state index in [-0.39, 0.29) is 11.9 Å². The highest BCUT2D eigenvalue weighted by molar-refractivity contribution is 5.92. The number of rotatable bonds is 5. The molecule has 4 heteroatoms. The van der Waals surface area contributed by atoms with Crippen LogP contribution in [0.25, 0.3) is 0 Å². The molecule has 21 heavy (non-hydrogen) atoms. The molecule has 4 nitrogen and oxygen atoms in total. The van der Waals surface area contributed by atoms with E-state index in [2.05, 4.69) is 36.9 Å². The third kappa shape index (κ3) is 3.88. The largest absolute Gasteiger partial charge is 0.340 e. The molecular formula is C17H29N3O. The van der Waals surface area contributed by atoms with Crippen molar-refractivity contribution in [1.82, 2.24) is 14.8 Å². The van der Waals surface area contributed by atoms with Crippen LogP contribution in [0.15, 0.2) is 18.3 Å². The average Bonchev–Trinajstić information content (AvgIpc) is 2.95. The summed E-state index contributed by atoms with van der Waals surface area (Å²) in [5.74, 6) is 0.748. The topological polar surface area (TPSA) is 37.3 Å². The monoisotopic (exact) mass is 291 g/mol. The van der Waals surface area contributed by atoms with Gasteiger partial charge < -0.3 is 14.8 Å². The molecular weight excluding hydrogens is 262 g/mol. The molecule has 0 radical (unpaired) electrons. The lowest BCUT2D eigenvalue weighted by Crippen LogP contribution is -2.38. The SMILES string of the molecule is CC(C)CC(C)N(C)C(=O)c1cccn1C1CCNCC1. The normalized spacial score (nSPS) is 18.0. The molecule has 0 aliphatic carbocycles. The second-order valence-electron chi connectivity index (χ2n) is 6.68. The van der Waals surface area contributed by atoms with Crippen LogP contribution < -0.4 is 5.32 Å². The van der Waals surface area contributed by atoms with E-state index in [9.17, 15) is 4.79 Å². The van der Waals surface area contributed by atoms with Crippen molar-refractivity contribution in [3.8, 4) is 0 Å². The Balaban J connectivity index is 2.10. The third-order valence-corrected chi connectivity index (χ3v) is 4.49. The second-order valence-corrected chi connectivity index (χ2v) is 6.68. The van der Waals surface area contributed by atoms with Crippen molar-refractivity contribution in [2.24, 2.45) is 5.92 Å². The van der Waals surface area contributed by atoms with Crippen LogP contribution in [-0.4, -0.2) is 41.6 Å². The fourth-order valence-electron chi connectivity index (χ4n) is 3.20. The minimum absolute atomic E-state index is 0.145. The lowest BCUT2D eigenvalue weighted by molar-refractivity contribution is 0.0713. The molecule has 1 saturated heterocycles. The van der Waals surface area contributed by atoms with E-state index in [1.807, 2.05) is 24.1 Å². The van der Waals surface area contributed by atoms with E-state index in [1.165, 1.54) is 0 Å². The molecule has 0 bridgehead atoms. The molecule has 1 amide bonds. The smallest absolute Gasteiger partial charge is 0.270 e.